The smallest absolute Gasteiger partial charge is 0.251 e. The molecular weight excluding hydrogens is 381 g/mol. The maximum absolute atomic E-state index is 14.0. The maximum atomic E-state index is 14.0. The van der Waals surface area contributed by atoms with Gasteiger partial charge in [-0.25, -0.2) is 17.5 Å². The second kappa shape index (κ2) is 8.95. The zero-order chi connectivity index (χ0) is 20.8. The number of hydrogen-bond acceptors (Lipinski definition) is 4. The third-order valence-electron chi connectivity index (χ3n) is 4.25. The van der Waals surface area contributed by atoms with Gasteiger partial charge in [0.15, 0.2) is 0 Å². The first-order chi connectivity index (χ1) is 13.2. The van der Waals surface area contributed by atoms with Crippen LogP contribution in [0.15, 0.2) is 53.4 Å². The lowest BCUT2D eigenvalue weighted by atomic mass is 9.84. The summed E-state index contributed by atoms with van der Waals surface area (Å²) in [6, 6.07) is 13.7. The summed E-state index contributed by atoms with van der Waals surface area (Å²) < 4.78 is 40.5. The van der Waals surface area contributed by atoms with Crippen LogP contribution in [0.2, 0.25) is 0 Å². The molecule has 1 amide bonds. The minimum Gasteiger partial charge on any atom is -0.351 e. The molecule has 2 N–H and O–H groups in total. The largest absolute Gasteiger partial charge is 0.351 e. The Morgan fingerprint density at radius 3 is 2.39 bits per heavy atom. The van der Waals surface area contributed by atoms with Crippen LogP contribution in [0.4, 0.5) is 4.39 Å². The molecule has 2 aromatic rings. The van der Waals surface area contributed by atoms with E-state index in [1.54, 1.807) is 18.2 Å². The number of sulfonamides is 1. The SMILES string of the molecule is CC(C)(CNC(=O)c1ccc(S(=O)(=O)NCCC#N)cc1)c1ccccc1F. The molecule has 0 saturated carbocycles. The van der Waals surface area contributed by atoms with Gasteiger partial charge in [-0.15, -0.1) is 0 Å². The Balaban J connectivity index is 2.03. The van der Waals surface area contributed by atoms with E-state index in [0.29, 0.717) is 11.1 Å². The van der Waals surface area contributed by atoms with Crippen LogP contribution in [0.25, 0.3) is 0 Å². The van der Waals surface area contributed by atoms with E-state index in [0.717, 1.165) is 0 Å². The Bertz CT molecular complexity index is 981. The lowest BCUT2D eigenvalue weighted by molar-refractivity contribution is 0.0945. The number of nitrogens with zero attached hydrogens (tertiary/aromatic N) is 1. The summed E-state index contributed by atoms with van der Waals surface area (Å²) in [5, 5.41) is 11.2. The average Bonchev–Trinajstić information content (AvgIpc) is 2.66. The van der Waals surface area contributed by atoms with Crippen molar-refractivity contribution < 1.29 is 17.6 Å². The number of hydrogen-bond donors (Lipinski definition) is 2. The first kappa shape index (κ1) is 21.5. The molecule has 2 rings (SSSR count). The van der Waals surface area contributed by atoms with Gasteiger partial charge in [0.2, 0.25) is 10.0 Å². The molecule has 0 radical (unpaired) electrons. The van der Waals surface area contributed by atoms with Gasteiger partial charge in [-0.05, 0) is 35.9 Å². The fourth-order valence-electron chi connectivity index (χ4n) is 2.62. The molecule has 0 saturated heterocycles. The van der Waals surface area contributed by atoms with Crippen LogP contribution < -0.4 is 10.0 Å². The number of nitriles is 1. The van der Waals surface area contributed by atoms with Crippen molar-refractivity contribution in [3.05, 3.63) is 65.5 Å². The molecule has 0 heterocycles. The van der Waals surface area contributed by atoms with Crippen molar-refractivity contribution in [2.45, 2.75) is 30.6 Å². The molecule has 0 spiro atoms. The summed E-state index contributed by atoms with van der Waals surface area (Å²) >= 11 is 0. The Morgan fingerprint density at radius 2 is 1.79 bits per heavy atom. The molecule has 0 aromatic heterocycles. The van der Waals surface area contributed by atoms with Gasteiger partial charge in [-0.2, -0.15) is 5.26 Å². The summed E-state index contributed by atoms with van der Waals surface area (Å²) in [5.74, 6) is -0.717. The van der Waals surface area contributed by atoms with E-state index in [-0.39, 0.29) is 36.1 Å². The normalized spacial score (nSPS) is 11.6. The maximum Gasteiger partial charge on any atom is 0.251 e. The van der Waals surface area contributed by atoms with E-state index >= 15 is 0 Å². The van der Waals surface area contributed by atoms with Gasteiger partial charge >= 0.3 is 0 Å². The molecule has 8 heteroatoms. The number of benzene rings is 2. The molecule has 148 valence electrons. The number of rotatable bonds is 8. The molecule has 0 aliphatic carbocycles. The quantitative estimate of drug-likeness (QED) is 0.662. The standard InChI is InChI=1S/C20H22FN3O3S/c1-20(2,17-6-3-4-7-18(17)21)14-23-19(25)15-8-10-16(11-9-15)28(26,27)24-13-5-12-22/h3-4,6-11,24H,5,13-14H2,1-2H3,(H,23,25). The molecule has 0 unspecified atom stereocenters. The second-order valence-corrected chi connectivity index (χ2v) is 8.64. The molecule has 2 aromatic carbocycles. The van der Waals surface area contributed by atoms with Crippen molar-refractivity contribution in [3.8, 4) is 6.07 Å². The van der Waals surface area contributed by atoms with Gasteiger partial charge in [0.25, 0.3) is 5.91 Å². The predicted octanol–water partition coefficient (Wildman–Crippen LogP) is 2.73. The monoisotopic (exact) mass is 403 g/mol. The van der Waals surface area contributed by atoms with Crippen LogP contribution in [0.3, 0.4) is 0 Å². The number of amides is 1. The van der Waals surface area contributed by atoms with Gasteiger partial charge < -0.3 is 5.32 Å². The number of nitrogens with one attached hydrogen (secondary N) is 2. The summed E-state index contributed by atoms with van der Waals surface area (Å²) in [6.07, 6.45) is 0.0670. The molecule has 0 aliphatic rings. The van der Waals surface area contributed by atoms with Gasteiger partial charge in [0.1, 0.15) is 5.82 Å². The van der Waals surface area contributed by atoms with Crippen LogP contribution >= 0.6 is 0 Å². The highest BCUT2D eigenvalue weighted by molar-refractivity contribution is 7.89. The van der Waals surface area contributed by atoms with Crippen LogP contribution in [0, 0.1) is 17.1 Å². The third-order valence-corrected chi connectivity index (χ3v) is 5.73. The lowest BCUT2D eigenvalue weighted by Gasteiger charge is -2.26. The van der Waals surface area contributed by atoms with Crippen molar-refractivity contribution in [1.29, 1.82) is 5.26 Å². The minimum absolute atomic E-state index is 0.00803. The highest BCUT2D eigenvalue weighted by Gasteiger charge is 2.25. The van der Waals surface area contributed by atoms with E-state index in [1.807, 2.05) is 19.9 Å². The second-order valence-electron chi connectivity index (χ2n) is 6.88. The minimum atomic E-state index is -3.73. The van der Waals surface area contributed by atoms with Gasteiger partial charge in [-0.1, -0.05) is 32.0 Å². The van der Waals surface area contributed by atoms with Crippen molar-refractivity contribution in [2.24, 2.45) is 0 Å². The van der Waals surface area contributed by atoms with E-state index in [4.69, 9.17) is 5.26 Å². The Hall–Kier alpha value is -2.76. The number of carbonyl (C=O) groups excluding carboxylic acids is 1. The summed E-state index contributed by atoms with van der Waals surface area (Å²) in [5.41, 5.74) is 0.176. The van der Waals surface area contributed by atoms with Crippen molar-refractivity contribution in [3.63, 3.8) is 0 Å². The lowest BCUT2D eigenvalue weighted by Crippen LogP contribution is -2.37. The van der Waals surface area contributed by atoms with Gasteiger partial charge in [-0.3, -0.25) is 4.79 Å². The van der Waals surface area contributed by atoms with Gasteiger partial charge in [0, 0.05) is 30.5 Å². The van der Waals surface area contributed by atoms with E-state index in [2.05, 4.69) is 10.0 Å². The first-order valence-corrected chi connectivity index (χ1v) is 10.2. The highest BCUT2D eigenvalue weighted by Crippen LogP contribution is 2.25. The Kier molecular flexibility index (Phi) is 6.89. The van der Waals surface area contributed by atoms with Crippen molar-refractivity contribution >= 4 is 15.9 Å². The van der Waals surface area contributed by atoms with E-state index in [1.165, 1.54) is 30.3 Å². The fraction of sp³-hybridized carbons (Fsp3) is 0.300. The fourth-order valence-corrected chi connectivity index (χ4v) is 3.65. The molecular formula is C20H22FN3O3S. The van der Waals surface area contributed by atoms with Gasteiger partial charge in [0.05, 0.1) is 11.0 Å². The number of carbonyl (C=O) groups is 1. The van der Waals surface area contributed by atoms with E-state index < -0.39 is 15.4 Å². The van der Waals surface area contributed by atoms with Crippen LogP contribution in [0.5, 0.6) is 0 Å². The number of halogens is 1. The zero-order valence-corrected chi connectivity index (χ0v) is 16.5. The van der Waals surface area contributed by atoms with Crippen LogP contribution in [-0.4, -0.2) is 27.4 Å². The molecule has 6 nitrogen and oxygen atoms in total. The Labute approximate surface area is 164 Å². The van der Waals surface area contributed by atoms with Crippen molar-refractivity contribution in [1.82, 2.24) is 10.0 Å². The average molecular weight is 403 g/mol. The summed E-state index contributed by atoms with van der Waals surface area (Å²) in [6.45, 7) is 3.89. The van der Waals surface area contributed by atoms with Crippen LogP contribution in [-0.2, 0) is 15.4 Å². The molecule has 0 fully saturated rings. The summed E-state index contributed by atoms with van der Waals surface area (Å²) in [7, 11) is -3.73. The third kappa shape index (κ3) is 5.38. The van der Waals surface area contributed by atoms with Crippen molar-refractivity contribution in [2.75, 3.05) is 13.1 Å². The first-order valence-electron chi connectivity index (χ1n) is 8.67. The molecule has 0 aliphatic heterocycles. The Morgan fingerprint density at radius 1 is 1.14 bits per heavy atom. The molecule has 28 heavy (non-hydrogen) atoms. The molecule has 0 atom stereocenters. The van der Waals surface area contributed by atoms with E-state index in [9.17, 15) is 17.6 Å². The topological polar surface area (TPSA) is 99.1 Å². The van der Waals surface area contributed by atoms with Crippen LogP contribution in [0.1, 0.15) is 36.2 Å². The summed E-state index contributed by atoms with van der Waals surface area (Å²) in [4.78, 5) is 12.4. The molecule has 0 bridgehead atoms. The zero-order valence-electron chi connectivity index (χ0n) is 15.7. The highest BCUT2D eigenvalue weighted by atomic mass is 32.2. The predicted molar refractivity (Wildman–Crippen MR) is 104 cm³/mol.